The van der Waals surface area contributed by atoms with Gasteiger partial charge in [0, 0.05) is 5.92 Å². The molecule has 4 heteroatoms. The number of hydrogen-bond acceptors (Lipinski definition) is 4. The predicted octanol–water partition coefficient (Wildman–Crippen LogP) is 2.33. The van der Waals surface area contributed by atoms with Crippen LogP contribution in [0.3, 0.4) is 0 Å². The molecule has 1 aliphatic rings. The molecule has 1 fully saturated rings. The lowest BCUT2D eigenvalue weighted by Crippen LogP contribution is -2.27. The van der Waals surface area contributed by atoms with Gasteiger partial charge in [0.1, 0.15) is 11.6 Å². The van der Waals surface area contributed by atoms with Crippen molar-refractivity contribution in [3.05, 3.63) is 24.3 Å². The fraction of sp³-hybridized carbons (Fsp3) is 0.462. The molecular formula is C13H16N2O2. The Balaban J connectivity index is 1.80. The van der Waals surface area contributed by atoms with Crippen molar-refractivity contribution in [2.24, 2.45) is 11.7 Å². The fourth-order valence-electron chi connectivity index (χ4n) is 2.46. The highest BCUT2D eigenvalue weighted by atomic mass is 16.6. The van der Waals surface area contributed by atoms with Crippen LogP contribution in [0.4, 0.5) is 0 Å². The summed E-state index contributed by atoms with van der Waals surface area (Å²) in [5.41, 5.74) is 7.33. The standard InChI is InChI=1S/C13H16N2O2/c14-8-9-4-3-7-11(9)16-13-15-10-5-1-2-6-12(10)17-13/h1-2,5-6,9,11H,3-4,7-8,14H2. The van der Waals surface area contributed by atoms with Crippen molar-refractivity contribution < 1.29 is 9.15 Å². The molecule has 0 radical (unpaired) electrons. The summed E-state index contributed by atoms with van der Waals surface area (Å²) >= 11 is 0. The van der Waals surface area contributed by atoms with E-state index in [1.807, 2.05) is 24.3 Å². The lowest BCUT2D eigenvalue weighted by molar-refractivity contribution is 0.120. The first kappa shape index (κ1) is 10.6. The Morgan fingerprint density at radius 3 is 3.06 bits per heavy atom. The van der Waals surface area contributed by atoms with Crippen LogP contribution in [0.15, 0.2) is 28.7 Å². The van der Waals surface area contributed by atoms with Gasteiger partial charge in [0.15, 0.2) is 5.58 Å². The zero-order valence-corrected chi connectivity index (χ0v) is 9.63. The summed E-state index contributed by atoms with van der Waals surface area (Å²) in [5, 5.41) is 0. The number of fused-ring (bicyclic) bond motifs is 1. The minimum atomic E-state index is 0.160. The van der Waals surface area contributed by atoms with Gasteiger partial charge < -0.3 is 14.9 Å². The molecule has 4 nitrogen and oxygen atoms in total. The Labute approximate surface area is 99.8 Å². The Morgan fingerprint density at radius 1 is 1.35 bits per heavy atom. The molecule has 1 heterocycles. The Hall–Kier alpha value is -1.55. The van der Waals surface area contributed by atoms with Gasteiger partial charge in [-0.05, 0) is 37.9 Å². The summed E-state index contributed by atoms with van der Waals surface area (Å²) in [6.07, 6.45) is 3.89. The van der Waals surface area contributed by atoms with Crippen molar-refractivity contribution in [1.82, 2.24) is 4.98 Å². The molecule has 2 aromatic rings. The van der Waals surface area contributed by atoms with E-state index in [-0.39, 0.29) is 6.10 Å². The number of nitrogens with zero attached hydrogens (tertiary/aromatic N) is 1. The molecule has 2 unspecified atom stereocenters. The van der Waals surface area contributed by atoms with Crippen molar-refractivity contribution in [2.45, 2.75) is 25.4 Å². The van der Waals surface area contributed by atoms with Crippen molar-refractivity contribution in [2.75, 3.05) is 6.54 Å². The highest BCUT2D eigenvalue weighted by Crippen LogP contribution is 2.30. The van der Waals surface area contributed by atoms with Crippen LogP contribution in [0.2, 0.25) is 0 Å². The number of oxazole rings is 1. The number of hydrogen-bond donors (Lipinski definition) is 1. The van der Waals surface area contributed by atoms with E-state index in [0.717, 1.165) is 23.9 Å². The molecule has 1 aromatic heterocycles. The number of para-hydroxylation sites is 2. The minimum absolute atomic E-state index is 0.160. The van der Waals surface area contributed by atoms with Crippen molar-refractivity contribution in [3.8, 4) is 6.08 Å². The first-order valence-corrected chi connectivity index (χ1v) is 6.09. The quantitative estimate of drug-likeness (QED) is 0.882. The molecule has 0 amide bonds. The van der Waals surface area contributed by atoms with Gasteiger partial charge in [-0.2, -0.15) is 4.98 Å². The third-order valence-corrected chi connectivity index (χ3v) is 3.42. The number of ether oxygens (including phenoxy) is 1. The van der Waals surface area contributed by atoms with Crippen molar-refractivity contribution >= 4 is 11.1 Å². The molecular weight excluding hydrogens is 216 g/mol. The van der Waals surface area contributed by atoms with E-state index in [4.69, 9.17) is 14.9 Å². The van der Waals surface area contributed by atoms with Crippen LogP contribution in [-0.4, -0.2) is 17.6 Å². The fourth-order valence-corrected chi connectivity index (χ4v) is 2.46. The summed E-state index contributed by atoms with van der Waals surface area (Å²) in [6, 6.07) is 7.67. The van der Waals surface area contributed by atoms with E-state index in [0.29, 0.717) is 18.5 Å². The maximum atomic E-state index is 5.81. The van der Waals surface area contributed by atoms with Gasteiger partial charge in [-0.1, -0.05) is 12.1 Å². The van der Waals surface area contributed by atoms with Crippen LogP contribution < -0.4 is 10.5 Å². The van der Waals surface area contributed by atoms with Gasteiger partial charge in [0.2, 0.25) is 0 Å². The monoisotopic (exact) mass is 232 g/mol. The second kappa shape index (κ2) is 4.37. The molecule has 0 spiro atoms. The average molecular weight is 232 g/mol. The number of aromatic nitrogens is 1. The van der Waals surface area contributed by atoms with E-state index in [9.17, 15) is 0 Å². The van der Waals surface area contributed by atoms with Gasteiger partial charge in [0.25, 0.3) is 0 Å². The topological polar surface area (TPSA) is 61.3 Å². The maximum Gasteiger partial charge on any atom is 0.394 e. The molecule has 1 saturated carbocycles. The smallest absolute Gasteiger partial charge is 0.394 e. The van der Waals surface area contributed by atoms with E-state index in [2.05, 4.69) is 4.98 Å². The molecule has 2 atom stereocenters. The normalized spacial score (nSPS) is 24.3. The summed E-state index contributed by atoms with van der Waals surface area (Å²) in [7, 11) is 0. The Bertz CT molecular complexity index is 476. The SMILES string of the molecule is NCC1CCCC1Oc1nc2ccccc2o1. The van der Waals surface area contributed by atoms with E-state index < -0.39 is 0 Å². The van der Waals surface area contributed by atoms with Crippen LogP contribution in [0.1, 0.15) is 19.3 Å². The highest BCUT2D eigenvalue weighted by molar-refractivity contribution is 5.72. The maximum absolute atomic E-state index is 5.81. The largest absolute Gasteiger partial charge is 0.447 e. The average Bonchev–Trinajstić information content (AvgIpc) is 2.94. The van der Waals surface area contributed by atoms with Crippen LogP contribution >= 0.6 is 0 Å². The third kappa shape index (κ3) is 2.00. The van der Waals surface area contributed by atoms with Gasteiger partial charge in [-0.3, -0.25) is 0 Å². The molecule has 0 saturated heterocycles. The molecule has 1 aliphatic carbocycles. The summed E-state index contributed by atoms with van der Waals surface area (Å²) < 4.78 is 11.4. The first-order valence-electron chi connectivity index (χ1n) is 6.09. The molecule has 0 aliphatic heterocycles. The highest BCUT2D eigenvalue weighted by Gasteiger charge is 2.29. The van der Waals surface area contributed by atoms with Gasteiger partial charge in [-0.15, -0.1) is 0 Å². The lowest BCUT2D eigenvalue weighted by atomic mass is 10.1. The number of rotatable bonds is 3. The van der Waals surface area contributed by atoms with Crippen LogP contribution in [0.25, 0.3) is 11.1 Å². The van der Waals surface area contributed by atoms with Crippen LogP contribution in [0, 0.1) is 5.92 Å². The van der Waals surface area contributed by atoms with Crippen LogP contribution in [0.5, 0.6) is 6.08 Å². The second-order valence-corrected chi connectivity index (χ2v) is 4.53. The lowest BCUT2D eigenvalue weighted by Gasteiger charge is -2.16. The molecule has 90 valence electrons. The van der Waals surface area contributed by atoms with Crippen molar-refractivity contribution in [1.29, 1.82) is 0 Å². The summed E-state index contributed by atoms with van der Waals surface area (Å²) in [4.78, 5) is 4.32. The second-order valence-electron chi connectivity index (χ2n) is 4.53. The van der Waals surface area contributed by atoms with E-state index in [1.54, 1.807) is 0 Å². The molecule has 1 aromatic carbocycles. The van der Waals surface area contributed by atoms with E-state index >= 15 is 0 Å². The molecule has 0 bridgehead atoms. The predicted molar refractivity (Wildman–Crippen MR) is 64.8 cm³/mol. The Morgan fingerprint density at radius 2 is 2.24 bits per heavy atom. The Kier molecular flexibility index (Phi) is 2.73. The molecule has 17 heavy (non-hydrogen) atoms. The van der Waals surface area contributed by atoms with Crippen molar-refractivity contribution in [3.63, 3.8) is 0 Å². The zero-order valence-electron chi connectivity index (χ0n) is 9.63. The van der Waals surface area contributed by atoms with Crippen LogP contribution in [-0.2, 0) is 0 Å². The zero-order chi connectivity index (χ0) is 11.7. The third-order valence-electron chi connectivity index (χ3n) is 3.42. The summed E-state index contributed by atoms with van der Waals surface area (Å²) in [5.74, 6) is 0.435. The van der Waals surface area contributed by atoms with E-state index in [1.165, 1.54) is 6.42 Å². The summed E-state index contributed by atoms with van der Waals surface area (Å²) in [6.45, 7) is 0.672. The van der Waals surface area contributed by atoms with Gasteiger partial charge in [0.05, 0.1) is 0 Å². The minimum Gasteiger partial charge on any atom is -0.447 e. The van der Waals surface area contributed by atoms with Gasteiger partial charge >= 0.3 is 6.08 Å². The molecule has 3 rings (SSSR count). The number of benzene rings is 1. The molecule has 2 N–H and O–H groups in total. The van der Waals surface area contributed by atoms with Gasteiger partial charge in [-0.25, -0.2) is 0 Å². The first-order chi connectivity index (χ1) is 8.36. The number of nitrogens with two attached hydrogens (primary N) is 1.